The summed E-state index contributed by atoms with van der Waals surface area (Å²) in [6.07, 6.45) is 4.48. The second kappa shape index (κ2) is 4.90. The molecule has 1 atom stereocenters. The van der Waals surface area contributed by atoms with E-state index in [9.17, 15) is 0 Å². The maximum atomic E-state index is 9.09. The fourth-order valence-corrected chi connectivity index (χ4v) is 2.82. The Labute approximate surface area is 108 Å². The molecule has 0 aromatic heterocycles. The molecule has 0 radical (unpaired) electrons. The van der Waals surface area contributed by atoms with E-state index in [0.717, 1.165) is 31.7 Å². The predicted octanol–water partition coefficient (Wildman–Crippen LogP) is 2.26. The molecule has 2 aliphatic rings. The van der Waals surface area contributed by atoms with Crippen LogP contribution in [0.2, 0.25) is 0 Å². The van der Waals surface area contributed by atoms with Gasteiger partial charge in [0.1, 0.15) is 5.75 Å². The normalized spacial score (nSPS) is 24.2. The molecule has 1 aromatic rings. The molecule has 0 amide bonds. The van der Waals surface area contributed by atoms with Gasteiger partial charge in [-0.15, -0.1) is 0 Å². The third-order valence-corrected chi connectivity index (χ3v) is 4.28. The molecule has 1 unspecified atom stereocenters. The lowest BCUT2D eigenvalue weighted by Gasteiger charge is -2.28. The number of hydrogen-bond donors (Lipinski definition) is 2. The molecule has 18 heavy (non-hydrogen) atoms. The zero-order valence-electron chi connectivity index (χ0n) is 10.7. The summed E-state index contributed by atoms with van der Waals surface area (Å²) < 4.78 is 5.67. The maximum Gasteiger partial charge on any atom is 0.124 e. The molecule has 98 valence electrons. The Kier molecular flexibility index (Phi) is 3.27. The first-order chi connectivity index (χ1) is 8.83. The van der Waals surface area contributed by atoms with Gasteiger partial charge in [-0.1, -0.05) is 18.2 Å². The van der Waals surface area contributed by atoms with Crippen molar-refractivity contribution in [2.24, 2.45) is 5.41 Å². The van der Waals surface area contributed by atoms with E-state index in [1.54, 1.807) is 0 Å². The summed E-state index contributed by atoms with van der Waals surface area (Å²) >= 11 is 0. The van der Waals surface area contributed by atoms with E-state index in [1.165, 1.54) is 18.4 Å². The minimum absolute atomic E-state index is 0.312. The molecule has 1 saturated carbocycles. The van der Waals surface area contributed by atoms with Crippen LogP contribution in [0.25, 0.3) is 0 Å². The third-order valence-electron chi connectivity index (χ3n) is 4.28. The first-order valence-corrected chi connectivity index (χ1v) is 6.89. The number of fused-ring (bicyclic) bond motifs is 1. The van der Waals surface area contributed by atoms with Crippen LogP contribution in [0, 0.1) is 5.41 Å². The summed E-state index contributed by atoms with van der Waals surface area (Å²) in [4.78, 5) is 0. The monoisotopic (exact) mass is 247 g/mol. The standard InChI is InChI=1S/C15H21NO2/c17-9-8-15(6-7-15)11-16-13-5-10-18-14-4-2-1-3-12(13)14/h1-4,13,16-17H,5-11H2. The summed E-state index contributed by atoms with van der Waals surface area (Å²) in [5.74, 6) is 1.02. The van der Waals surface area contributed by atoms with Crippen molar-refractivity contribution in [2.45, 2.75) is 31.7 Å². The van der Waals surface area contributed by atoms with Crippen LogP contribution in [-0.4, -0.2) is 24.9 Å². The number of aliphatic hydroxyl groups excluding tert-OH is 1. The van der Waals surface area contributed by atoms with E-state index < -0.39 is 0 Å². The Morgan fingerprint density at radius 3 is 2.94 bits per heavy atom. The number of hydrogen-bond acceptors (Lipinski definition) is 3. The van der Waals surface area contributed by atoms with Crippen LogP contribution in [0.3, 0.4) is 0 Å². The Morgan fingerprint density at radius 1 is 1.33 bits per heavy atom. The van der Waals surface area contributed by atoms with E-state index in [1.807, 2.05) is 12.1 Å². The number of nitrogens with one attached hydrogen (secondary N) is 1. The van der Waals surface area contributed by atoms with E-state index in [0.29, 0.717) is 18.1 Å². The van der Waals surface area contributed by atoms with Crippen molar-refractivity contribution in [3.63, 3.8) is 0 Å². The maximum absolute atomic E-state index is 9.09. The lowest BCUT2D eigenvalue weighted by atomic mass is 9.98. The van der Waals surface area contributed by atoms with Gasteiger partial charge in [-0.25, -0.2) is 0 Å². The van der Waals surface area contributed by atoms with Gasteiger partial charge in [-0.3, -0.25) is 0 Å². The van der Waals surface area contributed by atoms with Gasteiger partial charge in [0.15, 0.2) is 0 Å². The highest BCUT2D eigenvalue weighted by Crippen LogP contribution is 2.48. The van der Waals surface area contributed by atoms with E-state index in [2.05, 4.69) is 17.4 Å². The van der Waals surface area contributed by atoms with Gasteiger partial charge in [0, 0.05) is 31.2 Å². The van der Waals surface area contributed by atoms with Crippen LogP contribution >= 0.6 is 0 Å². The largest absolute Gasteiger partial charge is 0.493 e. The first kappa shape index (κ1) is 12.0. The van der Waals surface area contributed by atoms with Crippen LogP contribution in [0.15, 0.2) is 24.3 Å². The topological polar surface area (TPSA) is 41.5 Å². The average molecular weight is 247 g/mol. The van der Waals surface area contributed by atoms with Crippen molar-refractivity contribution >= 4 is 0 Å². The van der Waals surface area contributed by atoms with Gasteiger partial charge in [-0.2, -0.15) is 0 Å². The molecule has 1 aromatic carbocycles. The van der Waals surface area contributed by atoms with E-state index in [4.69, 9.17) is 9.84 Å². The van der Waals surface area contributed by atoms with Gasteiger partial charge in [0.25, 0.3) is 0 Å². The molecule has 3 rings (SSSR count). The minimum atomic E-state index is 0.312. The number of para-hydroxylation sites is 1. The van der Waals surface area contributed by atoms with Gasteiger partial charge in [0.05, 0.1) is 6.61 Å². The summed E-state index contributed by atoms with van der Waals surface area (Å²) in [7, 11) is 0. The highest BCUT2D eigenvalue weighted by atomic mass is 16.5. The lowest BCUT2D eigenvalue weighted by molar-refractivity contribution is 0.225. The zero-order chi connectivity index (χ0) is 12.4. The molecule has 3 nitrogen and oxygen atoms in total. The summed E-state index contributed by atoms with van der Waals surface area (Å²) in [6.45, 7) is 2.13. The SMILES string of the molecule is OCCC1(CNC2CCOc3ccccc32)CC1. The molecule has 0 spiro atoms. The fourth-order valence-electron chi connectivity index (χ4n) is 2.82. The summed E-state index contributed by atoms with van der Waals surface area (Å²) in [5, 5.41) is 12.8. The second-order valence-electron chi connectivity index (χ2n) is 5.58. The number of benzene rings is 1. The molecule has 1 heterocycles. The molecule has 0 bridgehead atoms. The second-order valence-corrected chi connectivity index (χ2v) is 5.58. The molecule has 1 aliphatic heterocycles. The molecular weight excluding hydrogens is 226 g/mol. The molecule has 1 aliphatic carbocycles. The van der Waals surface area contributed by atoms with Gasteiger partial charge < -0.3 is 15.2 Å². The Hall–Kier alpha value is -1.06. The van der Waals surface area contributed by atoms with E-state index in [-0.39, 0.29) is 0 Å². The van der Waals surface area contributed by atoms with Crippen molar-refractivity contribution in [3.8, 4) is 5.75 Å². The van der Waals surface area contributed by atoms with Gasteiger partial charge in [0.2, 0.25) is 0 Å². The van der Waals surface area contributed by atoms with Gasteiger partial charge >= 0.3 is 0 Å². The smallest absolute Gasteiger partial charge is 0.124 e. The van der Waals surface area contributed by atoms with Crippen LogP contribution in [0.5, 0.6) is 5.75 Å². The number of rotatable bonds is 5. The molecule has 3 heteroatoms. The van der Waals surface area contributed by atoms with Crippen LogP contribution in [0.4, 0.5) is 0 Å². The fraction of sp³-hybridized carbons (Fsp3) is 0.600. The summed E-state index contributed by atoms with van der Waals surface area (Å²) in [5.41, 5.74) is 1.66. The molecule has 1 fully saturated rings. The Morgan fingerprint density at radius 2 is 2.17 bits per heavy atom. The quantitative estimate of drug-likeness (QED) is 0.838. The average Bonchev–Trinajstić information content (AvgIpc) is 3.17. The van der Waals surface area contributed by atoms with Crippen molar-refractivity contribution in [1.29, 1.82) is 0 Å². The minimum Gasteiger partial charge on any atom is -0.493 e. The van der Waals surface area contributed by atoms with Crippen molar-refractivity contribution < 1.29 is 9.84 Å². The number of ether oxygens (including phenoxy) is 1. The highest BCUT2D eigenvalue weighted by molar-refractivity contribution is 5.37. The summed E-state index contributed by atoms with van der Waals surface area (Å²) in [6, 6.07) is 8.70. The predicted molar refractivity (Wildman–Crippen MR) is 70.7 cm³/mol. The van der Waals surface area contributed by atoms with Crippen molar-refractivity contribution in [1.82, 2.24) is 5.32 Å². The highest BCUT2D eigenvalue weighted by Gasteiger charge is 2.42. The van der Waals surface area contributed by atoms with Crippen molar-refractivity contribution in [3.05, 3.63) is 29.8 Å². The zero-order valence-corrected chi connectivity index (χ0v) is 10.7. The van der Waals surface area contributed by atoms with Crippen LogP contribution < -0.4 is 10.1 Å². The number of aliphatic hydroxyl groups is 1. The molecule has 0 saturated heterocycles. The molecule has 2 N–H and O–H groups in total. The first-order valence-electron chi connectivity index (χ1n) is 6.89. The van der Waals surface area contributed by atoms with Gasteiger partial charge in [-0.05, 0) is 30.7 Å². The third kappa shape index (κ3) is 2.38. The van der Waals surface area contributed by atoms with E-state index >= 15 is 0 Å². The lowest BCUT2D eigenvalue weighted by Crippen LogP contribution is -2.32. The molecular formula is C15H21NO2. The van der Waals surface area contributed by atoms with Crippen molar-refractivity contribution in [2.75, 3.05) is 19.8 Å². The van der Waals surface area contributed by atoms with Crippen LogP contribution in [-0.2, 0) is 0 Å². The van der Waals surface area contributed by atoms with Crippen LogP contribution in [0.1, 0.15) is 37.3 Å². The Bertz CT molecular complexity index is 415. The Balaban J connectivity index is 1.64.